The van der Waals surface area contributed by atoms with Crippen LogP contribution in [-0.4, -0.2) is 32.5 Å². The summed E-state index contributed by atoms with van der Waals surface area (Å²) < 4.78 is 41.1. The van der Waals surface area contributed by atoms with Gasteiger partial charge in [0.05, 0.1) is 16.3 Å². The van der Waals surface area contributed by atoms with E-state index in [2.05, 4.69) is 26.3 Å². The van der Waals surface area contributed by atoms with Crippen LogP contribution >= 0.6 is 23.2 Å². The number of anilines is 1. The number of alkyl halides is 3. The molecule has 0 aliphatic rings. The van der Waals surface area contributed by atoms with Crippen LogP contribution in [0.1, 0.15) is 56.3 Å². The molecular weight excluding hydrogens is 584 g/mol. The fourth-order valence-corrected chi connectivity index (χ4v) is 3.96. The molecule has 0 atom stereocenters. The van der Waals surface area contributed by atoms with E-state index in [1.165, 1.54) is 49.5 Å². The second-order valence-corrected chi connectivity index (χ2v) is 8.85. The number of carbonyl (C=O) groups excluding carboxylic acids is 3. The summed E-state index contributed by atoms with van der Waals surface area (Å²) in [6.45, 7) is 5.52. The fraction of sp³-hybridized carbons (Fsp3) is 0.148. The molecular formula is C27H23Cl2F3N6O3. The maximum atomic E-state index is 13.5. The van der Waals surface area contributed by atoms with Crippen LogP contribution in [0.2, 0.25) is 10.0 Å². The van der Waals surface area contributed by atoms with Gasteiger partial charge < -0.3 is 5.32 Å². The average Bonchev–Trinajstić information content (AvgIpc) is 3.41. The highest BCUT2D eigenvalue weighted by Crippen LogP contribution is 2.31. The Morgan fingerprint density at radius 2 is 1.54 bits per heavy atom. The molecule has 0 fully saturated rings. The summed E-state index contributed by atoms with van der Waals surface area (Å²) in [6.07, 6.45) is -3.60. The third-order valence-corrected chi connectivity index (χ3v) is 5.79. The van der Waals surface area contributed by atoms with Crippen LogP contribution in [0.5, 0.6) is 0 Å². The number of aryl methyl sites for hydroxylation is 1. The molecule has 0 aliphatic carbocycles. The predicted octanol–water partition coefficient (Wildman–Crippen LogP) is 6.25. The SMILES string of the molecule is CC.Cc1cc(Cl)cc(C(=O)NNC(=O)c2ccccc2)c1NC(=O)c1cc(C(F)(F)F)nn1-c1ncccc1Cl. The highest BCUT2D eigenvalue weighted by atomic mass is 35.5. The van der Waals surface area contributed by atoms with Crippen LogP contribution in [-0.2, 0) is 6.18 Å². The normalized spacial score (nSPS) is 10.7. The molecule has 4 rings (SSSR count). The lowest BCUT2D eigenvalue weighted by molar-refractivity contribution is -0.141. The van der Waals surface area contributed by atoms with Crippen LogP contribution in [0.3, 0.4) is 0 Å². The zero-order valence-corrected chi connectivity index (χ0v) is 23.3. The van der Waals surface area contributed by atoms with Crippen molar-refractivity contribution in [2.24, 2.45) is 0 Å². The molecule has 2 aromatic carbocycles. The number of hydrogen-bond donors (Lipinski definition) is 3. The van der Waals surface area contributed by atoms with Gasteiger partial charge in [0.2, 0.25) is 0 Å². The van der Waals surface area contributed by atoms with Gasteiger partial charge in [0, 0.05) is 22.8 Å². The molecule has 14 heteroatoms. The van der Waals surface area contributed by atoms with Crippen LogP contribution in [0.25, 0.3) is 5.82 Å². The summed E-state index contributed by atoms with van der Waals surface area (Å²) >= 11 is 12.2. The van der Waals surface area contributed by atoms with Crippen molar-refractivity contribution in [2.75, 3.05) is 5.32 Å². The summed E-state index contributed by atoms with van der Waals surface area (Å²) in [6, 6.07) is 14.1. The number of hydrogen-bond acceptors (Lipinski definition) is 5. The van der Waals surface area contributed by atoms with Crippen LogP contribution < -0.4 is 16.2 Å². The Hall–Kier alpha value is -4.42. The number of nitrogens with one attached hydrogen (secondary N) is 3. The molecule has 41 heavy (non-hydrogen) atoms. The lowest BCUT2D eigenvalue weighted by atomic mass is 10.1. The molecule has 0 unspecified atom stereocenters. The van der Waals surface area contributed by atoms with Crippen molar-refractivity contribution in [2.45, 2.75) is 26.9 Å². The number of nitrogens with zero attached hydrogens (tertiary/aromatic N) is 3. The van der Waals surface area contributed by atoms with Gasteiger partial charge in [0.1, 0.15) is 5.69 Å². The molecule has 0 spiro atoms. The van der Waals surface area contributed by atoms with Gasteiger partial charge in [0.25, 0.3) is 17.7 Å². The second-order valence-electron chi connectivity index (χ2n) is 8.01. The van der Waals surface area contributed by atoms with Crippen LogP contribution in [0.4, 0.5) is 18.9 Å². The van der Waals surface area contributed by atoms with E-state index in [0.29, 0.717) is 16.3 Å². The molecule has 2 aromatic heterocycles. The standard InChI is InChI=1S/C25H17Cl2F3N6O3.C2H6/c1-13-10-15(26)11-16(23(38)34-33-22(37)14-6-3-2-4-7-14)20(13)32-24(39)18-12-19(25(28,29)30)35-36(18)21-17(27)8-5-9-31-21;1-2/h2-12H,1H3,(H,32,39)(H,33,37)(H,34,38);1-2H3. The van der Waals surface area contributed by atoms with E-state index in [9.17, 15) is 27.6 Å². The number of amides is 3. The second kappa shape index (κ2) is 13.3. The van der Waals surface area contributed by atoms with Crippen molar-refractivity contribution in [3.05, 3.63) is 105 Å². The highest BCUT2D eigenvalue weighted by molar-refractivity contribution is 6.32. The topological polar surface area (TPSA) is 118 Å². The summed E-state index contributed by atoms with van der Waals surface area (Å²) in [5, 5.41) is 6.01. The van der Waals surface area contributed by atoms with Crippen molar-refractivity contribution in [1.29, 1.82) is 0 Å². The minimum absolute atomic E-state index is 0.0553. The van der Waals surface area contributed by atoms with Crippen molar-refractivity contribution in [3.8, 4) is 5.82 Å². The van der Waals surface area contributed by atoms with E-state index in [4.69, 9.17) is 23.2 Å². The monoisotopic (exact) mass is 606 g/mol. The van der Waals surface area contributed by atoms with Gasteiger partial charge in [-0.05, 0) is 48.9 Å². The third-order valence-electron chi connectivity index (χ3n) is 5.28. The number of hydrazine groups is 1. The van der Waals surface area contributed by atoms with Crippen molar-refractivity contribution in [1.82, 2.24) is 25.6 Å². The Bertz CT molecular complexity index is 1580. The van der Waals surface area contributed by atoms with Gasteiger partial charge in [-0.1, -0.05) is 55.2 Å². The molecule has 0 aliphatic heterocycles. The van der Waals surface area contributed by atoms with E-state index in [1.54, 1.807) is 18.2 Å². The number of benzene rings is 2. The van der Waals surface area contributed by atoms with Crippen LogP contribution in [0.15, 0.2) is 66.9 Å². The van der Waals surface area contributed by atoms with Gasteiger partial charge in [0.15, 0.2) is 11.5 Å². The van der Waals surface area contributed by atoms with Crippen LogP contribution in [0, 0.1) is 6.92 Å². The Morgan fingerprint density at radius 3 is 2.17 bits per heavy atom. The zero-order chi connectivity index (χ0) is 30.3. The smallest absolute Gasteiger partial charge is 0.320 e. The minimum Gasteiger partial charge on any atom is -0.320 e. The number of rotatable bonds is 5. The number of pyridine rings is 1. The first-order chi connectivity index (χ1) is 19.5. The molecule has 0 radical (unpaired) electrons. The first-order valence-corrected chi connectivity index (χ1v) is 12.8. The molecule has 9 nitrogen and oxygen atoms in total. The van der Waals surface area contributed by atoms with Gasteiger partial charge in [-0.15, -0.1) is 0 Å². The average molecular weight is 607 g/mol. The molecule has 3 amide bonds. The van der Waals surface area contributed by atoms with E-state index in [-0.39, 0.29) is 32.7 Å². The number of halogens is 5. The Labute approximate surface area is 242 Å². The largest absolute Gasteiger partial charge is 0.435 e. The first-order valence-electron chi connectivity index (χ1n) is 12.0. The Kier molecular flexibility index (Phi) is 10.1. The minimum atomic E-state index is -4.88. The molecule has 0 saturated carbocycles. The maximum absolute atomic E-state index is 13.5. The molecule has 3 N–H and O–H groups in total. The molecule has 0 saturated heterocycles. The maximum Gasteiger partial charge on any atom is 0.435 e. The fourth-order valence-electron chi connectivity index (χ4n) is 3.48. The van der Waals surface area contributed by atoms with E-state index in [1.807, 2.05) is 13.8 Å². The lowest BCUT2D eigenvalue weighted by Crippen LogP contribution is -2.42. The summed E-state index contributed by atoms with van der Waals surface area (Å²) in [5.41, 5.74) is 2.92. The quantitative estimate of drug-likeness (QED) is 0.232. The number of carbonyl (C=O) groups is 3. The molecule has 4 aromatic rings. The Balaban J connectivity index is 0.00000226. The van der Waals surface area contributed by atoms with Gasteiger partial charge in [-0.3, -0.25) is 25.2 Å². The first kappa shape index (κ1) is 31.1. The van der Waals surface area contributed by atoms with Crippen molar-refractivity contribution < 1.29 is 27.6 Å². The lowest BCUT2D eigenvalue weighted by Gasteiger charge is -2.16. The third kappa shape index (κ3) is 7.41. The summed E-state index contributed by atoms with van der Waals surface area (Å²) in [5.74, 6) is -2.72. The number of aromatic nitrogens is 3. The van der Waals surface area contributed by atoms with Crippen molar-refractivity contribution in [3.63, 3.8) is 0 Å². The Morgan fingerprint density at radius 1 is 0.878 bits per heavy atom. The zero-order valence-electron chi connectivity index (χ0n) is 21.8. The summed E-state index contributed by atoms with van der Waals surface area (Å²) in [4.78, 5) is 42.5. The van der Waals surface area contributed by atoms with Crippen molar-refractivity contribution >= 4 is 46.6 Å². The molecule has 0 bridgehead atoms. The summed E-state index contributed by atoms with van der Waals surface area (Å²) in [7, 11) is 0. The van der Waals surface area contributed by atoms with E-state index in [0.717, 1.165) is 0 Å². The van der Waals surface area contributed by atoms with Gasteiger partial charge in [-0.25, -0.2) is 9.67 Å². The van der Waals surface area contributed by atoms with Gasteiger partial charge in [-0.2, -0.15) is 18.3 Å². The van der Waals surface area contributed by atoms with E-state index < -0.39 is 35.3 Å². The predicted molar refractivity (Wildman–Crippen MR) is 148 cm³/mol. The van der Waals surface area contributed by atoms with E-state index >= 15 is 0 Å². The highest BCUT2D eigenvalue weighted by Gasteiger charge is 2.37. The molecule has 214 valence electrons. The van der Waals surface area contributed by atoms with Gasteiger partial charge >= 0.3 is 6.18 Å². The molecule has 2 heterocycles.